The molecule has 0 spiro atoms. The number of halogens is 1. The fourth-order valence-corrected chi connectivity index (χ4v) is 1.80. The highest BCUT2D eigenvalue weighted by atomic mass is 79.9. The maximum atomic E-state index is 5.55. The van der Waals surface area contributed by atoms with Crippen molar-refractivity contribution in [3.63, 3.8) is 0 Å². The Balaban J connectivity index is 1.95. The number of pyridine rings is 1. The second-order valence-electron chi connectivity index (χ2n) is 3.98. The molecule has 5 nitrogen and oxygen atoms in total. The minimum Gasteiger partial charge on any atom is -0.436 e. The molecular formula is C13H15BrN4O. The van der Waals surface area contributed by atoms with E-state index in [9.17, 15) is 0 Å². The summed E-state index contributed by atoms with van der Waals surface area (Å²) in [5.74, 6) is 1.08. The Bertz CT molecular complexity index is 518. The van der Waals surface area contributed by atoms with Gasteiger partial charge in [-0.15, -0.1) is 5.10 Å². The van der Waals surface area contributed by atoms with E-state index in [-0.39, 0.29) is 0 Å². The van der Waals surface area contributed by atoms with Crippen molar-refractivity contribution in [1.82, 2.24) is 20.5 Å². The van der Waals surface area contributed by atoms with E-state index in [0.29, 0.717) is 11.6 Å². The number of nitrogens with zero attached hydrogens (tertiary/aromatic N) is 3. The third-order valence-corrected chi connectivity index (χ3v) is 2.76. The number of hydrogen-bond donors (Lipinski definition) is 1. The monoisotopic (exact) mass is 322 g/mol. The van der Waals surface area contributed by atoms with Gasteiger partial charge in [-0.3, -0.25) is 4.98 Å². The van der Waals surface area contributed by atoms with Gasteiger partial charge in [0.1, 0.15) is 5.75 Å². The maximum Gasteiger partial charge on any atom is 0.238 e. The third kappa shape index (κ3) is 4.57. The molecule has 19 heavy (non-hydrogen) atoms. The van der Waals surface area contributed by atoms with Crippen LogP contribution in [0.3, 0.4) is 0 Å². The summed E-state index contributed by atoms with van der Waals surface area (Å²) in [5.41, 5.74) is 0.896. The average Bonchev–Trinajstić information content (AvgIpc) is 2.41. The molecular weight excluding hydrogens is 308 g/mol. The van der Waals surface area contributed by atoms with E-state index >= 15 is 0 Å². The standard InChI is InChI=1S/C13H15BrN4O/c1-2-5-15-8-11-3-4-13(18-17-11)19-12-6-10(14)7-16-9-12/h3-4,6-7,9,15H,2,5,8H2,1H3. The summed E-state index contributed by atoms with van der Waals surface area (Å²) < 4.78 is 6.41. The fourth-order valence-electron chi connectivity index (χ4n) is 1.46. The van der Waals surface area contributed by atoms with Crippen LogP contribution < -0.4 is 10.1 Å². The summed E-state index contributed by atoms with van der Waals surface area (Å²) in [6.07, 6.45) is 4.43. The van der Waals surface area contributed by atoms with Crippen molar-refractivity contribution in [2.24, 2.45) is 0 Å². The Morgan fingerprint density at radius 3 is 2.84 bits per heavy atom. The summed E-state index contributed by atoms with van der Waals surface area (Å²) >= 11 is 3.34. The normalized spacial score (nSPS) is 10.4. The van der Waals surface area contributed by atoms with Gasteiger partial charge in [-0.1, -0.05) is 6.92 Å². The Labute approximate surface area is 120 Å². The van der Waals surface area contributed by atoms with E-state index in [1.165, 1.54) is 0 Å². The molecule has 2 aromatic rings. The number of aromatic nitrogens is 3. The van der Waals surface area contributed by atoms with Crippen LogP contribution >= 0.6 is 15.9 Å². The third-order valence-electron chi connectivity index (χ3n) is 2.33. The first-order valence-corrected chi connectivity index (χ1v) is 6.89. The molecule has 0 aromatic carbocycles. The largest absolute Gasteiger partial charge is 0.436 e. The molecule has 1 N–H and O–H groups in total. The van der Waals surface area contributed by atoms with Crippen molar-refractivity contribution in [3.8, 4) is 11.6 Å². The van der Waals surface area contributed by atoms with Gasteiger partial charge in [0.05, 0.1) is 11.9 Å². The SMILES string of the molecule is CCCNCc1ccc(Oc2cncc(Br)c2)nn1. The zero-order valence-electron chi connectivity index (χ0n) is 10.6. The van der Waals surface area contributed by atoms with Gasteiger partial charge >= 0.3 is 0 Å². The van der Waals surface area contributed by atoms with Gasteiger partial charge in [-0.25, -0.2) is 0 Å². The van der Waals surface area contributed by atoms with E-state index in [4.69, 9.17) is 4.74 Å². The van der Waals surface area contributed by atoms with Gasteiger partial charge in [0, 0.05) is 23.3 Å². The lowest BCUT2D eigenvalue weighted by molar-refractivity contribution is 0.450. The lowest BCUT2D eigenvalue weighted by Crippen LogP contribution is -2.15. The van der Waals surface area contributed by atoms with E-state index < -0.39 is 0 Å². The van der Waals surface area contributed by atoms with Crippen LogP contribution in [0.1, 0.15) is 19.0 Å². The predicted octanol–water partition coefficient (Wildman–Crippen LogP) is 2.93. The van der Waals surface area contributed by atoms with Crippen LogP contribution in [0.4, 0.5) is 0 Å². The van der Waals surface area contributed by atoms with Gasteiger partial charge in [0.25, 0.3) is 0 Å². The number of hydrogen-bond acceptors (Lipinski definition) is 5. The number of ether oxygens (including phenoxy) is 1. The second-order valence-corrected chi connectivity index (χ2v) is 4.90. The molecule has 0 amide bonds. The highest BCUT2D eigenvalue weighted by molar-refractivity contribution is 9.10. The molecule has 2 rings (SSSR count). The van der Waals surface area contributed by atoms with Crippen LogP contribution in [-0.2, 0) is 6.54 Å². The van der Waals surface area contributed by atoms with Crippen molar-refractivity contribution >= 4 is 15.9 Å². The van der Waals surface area contributed by atoms with E-state index in [0.717, 1.165) is 29.7 Å². The Hall–Kier alpha value is -1.53. The zero-order valence-corrected chi connectivity index (χ0v) is 12.2. The van der Waals surface area contributed by atoms with Crippen molar-refractivity contribution in [1.29, 1.82) is 0 Å². The maximum absolute atomic E-state index is 5.55. The molecule has 0 atom stereocenters. The van der Waals surface area contributed by atoms with Gasteiger partial charge in [0.15, 0.2) is 0 Å². The van der Waals surface area contributed by atoms with Crippen LogP contribution in [0.25, 0.3) is 0 Å². The molecule has 2 heterocycles. The minimum atomic E-state index is 0.458. The van der Waals surface area contributed by atoms with Crippen molar-refractivity contribution in [3.05, 3.63) is 40.8 Å². The molecule has 0 unspecified atom stereocenters. The summed E-state index contributed by atoms with van der Waals surface area (Å²) in [5, 5.41) is 11.4. The zero-order chi connectivity index (χ0) is 13.5. The lowest BCUT2D eigenvalue weighted by atomic mass is 10.3. The molecule has 0 aliphatic carbocycles. The van der Waals surface area contributed by atoms with E-state index in [1.807, 2.05) is 12.1 Å². The molecule has 0 saturated carbocycles. The molecule has 0 saturated heterocycles. The number of nitrogens with one attached hydrogen (secondary N) is 1. The van der Waals surface area contributed by atoms with Crippen LogP contribution in [0.2, 0.25) is 0 Å². The lowest BCUT2D eigenvalue weighted by Gasteiger charge is -2.05. The molecule has 6 heteroatoms. The fraction of sp³-hybridized carbons (Fsp3) is 0.308. The Morgan fingerprint density at radius 1 is 1.26 bits per heavy atom. The minimum absolute atomic E-state index is 0.458. The summed E-state index contributed by atoms with van der Waals surface area (Å²) in [6.45, 7) is 3.82. The van der Waals surface area contributed by atoms with Crippen LogP contribution in [0, 0.1) is 0 Å². The first kappa shape index (κ1) is 13.9. The van der Waals surface area contributed by atoms with Gasteiger partial charge in [-0.05, 0) is 41.0 Å². The first-order valence-electron chi connectivity index (χ1n) is 6.09. The molecule has 100 valence electrons. The highest BCUT2D eigenvalue weighted by Crippen LogP contribution is 2.21. The quantitative estimate of drug-likeness (QED) is 0.828. The second kappa shape index (κ2) is 7.16. The molecule has 2 aromatic heterocycles. The smallest absolute Gasteiger partial charge is 0.238 e. The topological polar surface area (TPSA) is 59.9 Å². The average molecular weight is 323 g/mol. The van der Waals surface area contributed by atoms with Crippen LogP contribution in [0.5, 0.6) is 11.6 Å². The molecule has 0 bridgehead atoms. The predicted molar refractivity (Wildman–Crippen MR) is 76.0 cm³/mol. The Kier molecular flexibility index (Phi) is 5.23. The molecule has 0 radical (unpaired) electrons. The molecule has 0 aliphatic heterocycles. The number of rotatable bonds is 6. The van der Waals surface area contributed by atoms with Crippen molar-refractivity contribution in [2.75, 3.05) is 6.54 Å². The van der Waals surface area contributed by atoms with Crippen molar-refractivity contribution in [2.45, 2.75) is 19.9 Å². The van der Waals surface area contributed by atoms with Gasteiger partial charge in [-0.2, -0.15) is 5.10 Å². The van der Waals surface area contributed by atoms with E-state index in [1.54, 1.807) is 18.5 Å². The summed E-state index contributed by atoms with van der Waals surface area (Å²) in [6, 6.07) is 5.53. The van der Waals surface area contributed by atoms with Crippen LogP contribution in [-0.4, -0.2) is 21.7 Å². The van der Waals surface area contributed by atoms with Crippen LogP contribution in [0.15, 0.2) is 35.1 Å². The molecule has 0 fully saturated rings. The highest BCUT2D eigenvalue weighted by Gasteiger charge is 2.01. The molecule has 0 aliphatic rings. The van der Waals surface area contributed by atoms with Gasteiger partial charge < -0.3 is 10.1 Å². The van der Waals surface area contributed by atoms with Crippen molar-refractivity contribution < 1.29 is 4.74 Å². The van der Waals surface area contributed by atoms with Gasteiger partial charge in [0.2, 0.25) is 5.88 Å². The summed E-state index contributed by atoms with van der Waals surface area (Å²) in [7, 11) is 0. The Morgan fingerprint density at radius 2 is 2.16 bits per heavy atom. The van der Waals surface area contributed by atoms with E-state index in [2.05, 4.69) is 43.4 Å². The first-order chi connectivity index (χ1) is 9.28. The summed E-state index contributed by atoms with van der Waals surface area (Å²) in [4.78, 5) is 4.02.